The van der Waals surface area contributed by atoms with E-state index in [9.17, 15) is 9.59 Å². The first kappa shape index (κ1) is 25.3. The normalized spacial score (nSPS) is 12.7. The first-order valence-corrected chi connectivity index (χ1v) is 11.5. The van der Waals surface area contributed by atoms with E-state index in [1.54, 1.807) is 24.9 Å². The number of aryl methyl sites for hydroxylation is 2. The summed E-state index contributed by atoms with van der Waals surface area (Å²) in [4.78, 5) is 29.7. The van der Waals surface area contributed by atoms with Crippen LogP contribution in [0.4, 0.5) is 4.79 Å². The molecule has 0 aliphatic carbocycles. The minimum Gasteiger partial charge on any atom is -0.493 e. The van der Waals surface area contributed by atoms with Gasteiger partial charge in [-0.25, -0.2) is 4.79 Å². The Labute approximate surface area is 200 Å². The number of rotatable bonds is 7. The monoisotopic (exact) mass is 469 g/mol. The standard InChI is InChI=1S/C26H35N3O5/c1-15(2)11-17(28-25(31)34-26(4,5)6)14-33-22-13-20-19(12-21(22)32-8)18-9-10-27-16(3)23(18)24(30)29(20)7/h9-10,12-13,15,17H,11,14H2,1-8H3,(H,28,31). The molecule has 0 bridgehead atoms. The van der Waals surface area contributed by atoms with Crippen molar-refractivity contribution in [1.82, 2.24) is 14.9 Å². The van der Waals surface area contributed by atoms with Crippen LogP contribution in [-0.2, 0) is 11.8 Å². The molecule has 0 saturated carbocycles. The largest absolute Gasteiger partial charge is 0.493 e. The van der Waals surface area contributed by atoms with Crippen LogP contribution in [-0.4, -0.2) is 41.0 Å². The fraction of sp³-hybridized carbons (Fsp3) is 0.500. The van der Waals surface area contributed by atoms with Crippen molar-refractivity contribution in [2.45, 2.75) is 59.6 Å². The summed E-state index contributed by atoms with van der Waals surface area (Å²) in [7, 11) is 3.31. The summed E-state index contributed by atoms with van der Waals surface area (Å²) in [6.45, 7) is 11.7. The van der Waals surface area contributed by atoms with E-state index in [-0.39, 0.29) is 18.2 Å². The molecular weight excluding hydrogens is 434 g/mol. The van der Waals surface area contributed by atoms with Crippen molar-refractivity contribution in [3.63, 3.8) is 0 Å². The van der Waals surface area contributed by atoms with E-state index in [0.717, 1.165) is 16.3 Å². The molecule has 1 unspecified atom stereocenters. The number of amides is 1. The second-order valence-corrected chi connectivity index (χ2v) is 9.99. The quantitative estimate of drug-likeness (QED) is 0.504. The SMILES string of the molecule is COc1cc2c3ccnc(C)c3c(=O)n(C)c2cc1OCC(CC(C)C)NC(=O)OC(C)(C)C. The van der Waals surface area contributed by atoms with Gasteiger partial charge in [-0.2, -0.15) is 0 Å². The van der Waals surface area contributed by atoms with Gasteiger partial charge in [-0.15, -0.1) is 0 Å². The molecule has 0 saturated heterocycles. The second kappa shape index (κ2) is 9.91. The number of aromatic nitrogens is 2. The second-order valence-electron chi connectivity index (χ2n) is 9.99. The van der Waals surface area contributed by atoms with Gasteiger partial charge < -0.3 is 24.1 Å². The van der Waals surface area contributed by atoms with Gasteiger partial charge in [0.25, 0.3) is 5.56 Å². The van der Waals surface area contributed by atoms with Crippen molar-refractivity contribution < 1.29 is 19.0 Å². The molecule has 3 aromatic rings. The lowest BCUT2D eigenvalue weighted by atomic mass is 10.0. The van der Waals surface area contributed by atoms with Gasteiger partial charge in [0.15, 0.2) is 11.5 Å². The number of benzene rings is 1. The molecule has 1 N–H and O–H groups in total. The van der Waals surface area contributed by atoms with Crippen molar-refractivity contribution in [2.24, 2.45) is 13.0 Å². The molecule has 34 heavy (non-hydrogen) atoms. The molecule has 0 spiro atoms. The molecule has 0 radical (unpaired) electrons. The fourth-order valence-corrected chi connectivity index (χ4v) is 4.05. The van der Waals surface area contributed by atoms with Crippen LogP contribution >= 0.6 is 0 Å². The highest BCUT2D eigenvalue weighted by Gasteiger charge is 2.22. The summed E-state index contributed by atoms with van der Waals surface area (Å²) in [5, 5.41) is 5.19. The van der Waals surface area contributed by atoms with Crippen molar-refractivity contribution in [3.8, 4) is 11.5 Å². The van der Waals surface area contributed by atoms with E-state index in [2.05, 4.69) is 24.1 Å². The molecule has 2 aromatic heterocycles. The Morgan fingerprint density at radius 1 is 1.18 bits per heavy atom. The molecule has 1 atom stereocenters. The van der Waals surface area contributed by atoms with Gasteiger partial charge in [0, 0.05) is 30.1 Å². The number of nitrogens with zero attached hydrogens (tertiary/aromatic N) is 2. The summed E-state index contributed by atoms with van der Waals surface area (Å²) in [6.07, 6.45) is 1.93. The van der Waals surface area contributed by atoms with E-state index >= 15 is 0 Å². The zero-order chi connectivity index (χ0) is 25.2. The number of alkyl carbamates (subject to hydrolysis) is 1. The highest BCUT2D eigenvalue weighted by atomic mass is 16.6. The molecule has 1 aromatic carbocycles. The van der Waals surface area contributed by atoms with E-state index in [0.29, 0.717) is 34.9 Å². The van der Waals surface area contributed by atoms with Crippen LogP contribution in [0.2, 0.25) is 0 Å². The van der Waals surface area contributed by atoms with E-state index in [1.165, 1.54) is 0 Å². The van der Waals surface area contributed by atoms with E-state index < -0.39 is 11.7 Å². The third-order valence-corrected chi connectivity index (χ3v) is 5.51. The molecule has 1 amide bonds. The lowest BCUT2D eigenvalue weighted by Gasteiger charge is -2.25. The van der Waals surface area contributed by atoms with Crippen LogP contribution < -0.4 is 20.3 Å². The third kappa shape index (κ3) is 5.61. The van der Waals surface area contributed by atoms with Crippen molar-refractivity contribution in [3.05, 3.63) is 40.4 Å². The molecule has 184 valence electrons. The number of fused-ring (bicyclic) bond motifs is 3. The molecule has 8 heteroatoms. The Morgan fingerprint density at radius 3 is 2.50 bits per heavy atom. The summed E-state index contributed by atoms with van der Waals surface area (Å²) in [6, 6.07) is 5.27. The minimum atomic E-state index is -0.587. The number of ether oxygens (including phenoxy) is 3. The number of hydrogen-bond donors (Lipinski definition) is 1. The molecule has 0 aliphatic heterocycles. The van der Waals surface area contributed by atoms with Gasteiger partial charge >= 0.3 is 6.09 Å². The predicted octanol–water partition coefficient (Wildman–Crippen LogP) is 4.72. The minimum absolute atomic E-state index is 0.117. The Hall–Kier alpha value is -3.29. The molecule has 2 heterocycles. The molecule has 3 rings (SSSR count). The predicted molar refractivity (Wildman–Crippen MR) is 134 cm³/mol. The van der Waals surface area contributed by atoms with Gasteiger partial charge in [0.2, 0.25) is 0 Å². The molecule has 0 aliphatic rings. The van der Waals surface area contributed by atoms with Crippen LogP contribution in [0.5, 0.6) is 11.5 Å². The number of carbonyl (C=O) groups is 1. The summed E-state index contributed by atoms with van der Waals surface area (Å²) in [5.41, 5.74) is 0.702. The van der Waals surface area contributed by atoms with Gasteiger partial charge in [0.05, 0.1) is 29.7 Å². The Bertz CT molecular complexity index is 1260. The average Bonchev–Trinajstić information content (AvgIpc) is 2.73. The number of carbonyl (C=O) groups excluding carboxylic acids is 1. The topological polar surface area (TPSA) is 91.7 Å². The van der Waals surface area contributed by atoms with E-state index in [4.69, 9.17) is 14.2 Å². The maximum atomic E-state index is 13.0. The number of methoxy groups -OCH3 is 1. The van der Waals surface area contributed by atoms with Crippen LogP contribution in [0.25, 0.3) is 21.7 Å². The molecular formula is C26H35N3O5. The average molecular weight is 470 g/mol. The highest BCUT2D eigenvalue weighted by Crippen LogP contribution is 2.35. The third-order valence-electron chi connectivity index (χ3n) is 5.51. The van der Waals surface area contributed by atoms with E-state index in [1.807, 2.05) is 45.9 Å². The Morgan fingerprint density at radius 2 is 1.88 bits per heavy atom. The van der Waals surface area contributed by atoms with Gasteiger partial charge in [0.1, 0.15) is 12.2 Å². The van der Waals surface area contributed by atoms with Gasteiger partial charge in [-0.3, -0.25) is 9.78 Å². The molecule has 8 nitrogen and oxygen atoms in total. The fourth-order valence-electron chi connectivity index (χ4n) is 4.05. The summed E-state index contributed by atoms with van der Waals surface area (Å²) in [5.74, 6) is 1.38. The smallest absolute Gasteiger partial charge is 0.407 e. The maximum absolute atomic E-state index is 13.0. The number of hydrogen-bond acceptors (Lipinski definition) is 6. The van der Waals surface area contributed by atoms with Crippen LogP contribution in [0.1, 0.15) is 46.7 Å². The number of pyridine rings is 2. The summed E-state index contributed by atoms with van der Waals surface area (Å²) < 4.78 is 18.8. The van der Waals surface area contributed by atoms with Crippen molar-refractivity contribution >= 4 is 27.8 Å². The zero-order valence-electron chi connectivity index (χ0n) is 21.3. The first-order valence-electron chi connectivity index (χ1n) is 11.5. The van der Waals surface area contributed by atoms with Crippen molar-refractivity contribution in [2.75, 3.05) is 13.7 Å². The van der Waals surface area contributed by atoms with Crippen LogP contribution in [0.15, 0.2) is 29.2 Å². The van der Waals surface area contributed by atoms with Gasteiger partial charge in [-0.05, 0) is 52.2 Å². The van der Waals surface area contributed by atoms with Crippen molar-refractivity contribution in [1.29, 1.82) is 0 Å². The van der Waals surface area contributed by atoms with Crippen LogP contribution in [0, 0.1) is 12.8 Å². The molecule has 0 fully saturated rings. The maximum Gasteiger partial charge on any atom is 0.407 e. The lowest BCUT2D eigenvalue weighted by molar-refractivity contribution is 0.0480. The highest BCUT2D eigenvalue weighted by molar-refractivity contribution is 6.07. The van der Waals surface area contributed by atoms with Gasteiger partial charge in [-0.1, -0.05) is 13.8 Å². The Balaban J connectivity index is 1.97. The lowest BCUT2D eigenvalue weighted by Crippen LogP contribution is -2.42. The van der Waals surface area contributed by atoms with Crippen LogP contribution in [0.3, 0.4) is 0 Å². The zero-order valence-corrected chi connectivity index (χ0v) is 21.3. The number of nitrogens with one attached hydrogen (secondary N) is 1. The summed E-state index contributed by atoms with van der Waals surface area (Å²) >= 11 is 0. The Kier molecular flexibility index (Phi) is 7.38. The first-order chi connectivity index (χ1) is 15.9.